The average molecular weight is 258 g/mol. The number of aliphatic hydroxyl groups excluding tert-OH is 1. The number of aliphatic hydroxyl groups is 1. The average Bonchev–Trinajstić information content (AvgIpc) is 2.15. The molecule has 0 spiro atoms. The number of phenolic OH excluding ortho intramolecular Hbond substituents is 1. The summed E-state index contributed by atoms with van der Waals surface area (Å²) in [6.07, 6.45) is -7.49. The van der Waals surface area contributed by atoms with Crippen molar-refractivity contribution in [2.75, 3.05) is 0 Å². The summed E-state index contributed by atoms with van der Waals surface area (Å²) in [6.45, 7) is 0. The molecule has 0 aliphatic heterocycles. The van der Waals surface area contributed by atoms with Crippen molar-refractivity contribution in [1.29, 1.82) is 0 Å². The highest BCUT2D eigenvalue weighted by Crippen LogP contribution is 2.32. The van der Waals surface area contributed by atoms with Crippen LogP contribution in [0.2, 0.25) is 0 Å². The van der Waals surface area contributed by atoms with Crippen molar-refractivity contribution in [3.05, 3.63) is 29.8 Å². The second-order valence-corrected chi connectivity index (χ2v) is 3.07. The molecule has 7 heteroatoms. The van der Waals surface area contributed by atoms with Crippen LogP contribution in [0.25, 0.3) is 0 Å². The van der Waals surface area contributed by atoms with Crippen LogP contribution in [0.1, 0.15) is 11.6 Å². The number of para-hydroxylation sites is 1. The largest absolute Gasteiger partial charge is 0.508 e. The standard InChI is InChI=1S/C9H10F3NO2.ClH/c10-9(11,12)8(15)7(13)5-3-1-2-4-6(5)14;/h1-4,7-8,14-15H,13H2;1H/t7-,8-;/m0./s1. The van der Waals surface area contributed by atoms with Gasteiger partial charge in [0.25, 0.3) is 0 Å². The number of nitrogens with two attached hydrogens (primary N) is 1. The Labute approximate surface area is 96.1 Å². The van der Waals surface area contributed by atoms with E-state index in [9.17, 15) is 18.3 Å². The molecule has 1 aromatic rings. The van der Waals surface area contributed by atoms with Gasteiger partial charge in [0.15, 0.2) is 6.10 Å². The maximum absolute atomic E-state index is 12.1. The molecule has 0 fully saturated rings. The van der Waals surface area contributed by atoms with Gasteiger partial charge in [-0.25, -0.2) is 0 Å². The van der Waals surface area contributed by atoms with Crippen LogP contribution in [0.5, 0.6) is 5.75 Å². The monoisotopic (exact) mass is 257 g/mol. The highest BCUT2D eigenvalue weighted by atomic mass is 35.5. The lowest BCUT2D eigenvalue weighted by Gasteiger charge is -2.22. The van der Waals surface area contributed by atoms with Crippen molar-refractivity contribution in [2.24, 2.45) is 5.73 Å². The molecule has 0 unspecified atom stereocenters. The molecular formula is C9H11ClF3NO2. The molecule has 0 aliphatic rings. The molecule has 0 saturated carbocycles. The van der Waals surface area contributed by atoms with Gasteiger partial charge in [-0.3, -0.25) is 0 Å². The predicted molar refractivity (Wildman–Crippen MR) is 54.3 cm³/mol. The van der Waals surface area contributed by atoms with Crippen LogP contribution in [0.3, 0.4) is 0 Å². The molecule has 1 aromatic carbocycles. The van der Waals surface area contributed by atoms with Crippen LogP contribution < -0.4 is 5.73 Å². The summed E-state index contributed by atoms with van der Waals surface area (Å²) in [6, 6.07) is 3.63. The van der Waals surface area contributed by atoms with Gasteiger partial charge in [-0.05, 0) is 6.07 Å². The van der Waals surface area contributed by atoms with E-state index in [0.29, 0.717) is 0 Å². The van der Waals surface area contributed by atoms with Crippen LogP contribution in [0.4, 0.5) is 13.2 Å². The molecule has 3 nitrogen and oxygen atoms in total. The molecule has 92 valence electrons. The molecule has 0 heterocycles. The Morgan fingerprint density at radius 2 is 1.69 bits per heavy atom. The normalized spacial score (nSPS) is 15.1. The SMILES string of the molecule is Cl.N[C@@H](c1ccccc1O)[C@H](O)C(F)(F)F. The smallest absolute Gasteiger partial charge is 0.416 e. The number of aromatic hydroxyl groups is 1. The predicted octanol–water partition coefficient (Wildman–Crippen LogP) is 1.74. The number of benzene rings is 1. The first-order valence-electron chi connectivity index (χ1n) is 4.12. The van der Waals surface area contributed by atoms with E-state index in [1.54, 1.807) is 0 Å². The van der Waals surface area contributed by atoms with Gasteiger partial charge >= 0.3 is 6.18 Å². The minimum absolute atomic E-state index is 0. The Morgan fingerprint density at radius 3 is 2.12 bits per heavy atom. The van der Waals surface area contributed by atoms with E-state index >= 15 is 0 Å². The van der Waals surface area contributed by atoms with Crippen LogP contribution in [-0.2, 0) is 0 Å². The topological polar surface area (TPSA) is 66.5 Å². The number of rotatable bonds is 2. The van der Waals surface area contributed by atoms with E-state index in [1.807, 2.05) is 0 Å². The fourth-order valence-electron chi connectivity index (χ4n) is 1.14. The van der Waals surface area contributed by atoms with E-state index in [2.05, 4.69) is 0 Å². The zero-order valence-electron chi connectivity index (χ0n) is 7.98. The number of halogens is 4. The molecule has 0 saturated heterocycles. The Hall–Kier alpha value is -0.980. The molecule has 0 aliphatic carbocycles. The summed E-state index contributed by atoms with van der Waals surface area (Å²) >= 11 is 0. The first kappa shape index (κ1) is 15.0. The molecular weight excluding hydrogens is 247 g/mol. The molecule has 0 aromatic heterocycles. The lowest BCUT2D eigenvalue weighted by molar-refractivity contribution is -0.210. The molecule has 0 amide bonds. The van der Waals surface area contributed by atoms with Gasteiger partial charge in [0.05, 0.1) is 6.04 Å². The fraction of sp³-hybridized carbons (Fsp3) is 0.333. The number of hydrogen-bond donors (Lipinski definition) is 3. The van der Waals surface area contributed by atoms with Gasteiger partial charge in [-0.2, -0.15) is 13.2 Å². The second-order valence-electron chi connectivity index (χ2n) is 3.07. The van der Waals surface area contributed by atoms with Crippen LogP contribution in [0, 0.1) is 0 Å². The third kappa shape index (κ3) is 3.26. The van der Waals surface area contributed by atoms with Gasteiger partial charge in [0.1, 0.15) is 5.75 Å². The minimum atomic E-state index is -4.80. The number of phenols is 1. The third-order valence-electron chi connectivity index (χ3n) is 1.97. The van der Waals surface area contributed by atoms with Gasteiger partial charge < -0.3 is 15.9 Å². The van der Waals surface area contributed by atoms with Crippen molar-refractivity contribution in [3.63, 3.8) is 0 Å². The second kappa shape index (κ2) is 5.38. The maximum atomic E-state index is 12.1. The Morgan fingerprint density at radius 1 is 1.19 bits per heavy atom. The highest BCUT2D eigenvalue weighted by Gasteiger charge is 2.43. The quantitative estimate of drug-likeness (QED) is 0.756. The van der Waals surface area contributed by atoms with Crippen molar-refractivity contribution in [1.82, 2.24) is 0 Å². The fourth-order valence-corrected chi connectivity index (χ4v) is 1.14. The van der Waals surface area contributed by atoms with Crippen molar-refractivity contribution < 1.29 is 23.4 Å². The van der Waals surface area contributed by atoms with Gasteiger partial charge in [-0.1, -0.05) is 18.2 Å². The highest BCUT2D eigenvalue weighted by molar-refractivity contribution is 5.85. The van der Waals surface area contributed by atoms with Gasteiger partial charge in [0, 0.05) is 5.56 Å². The zero-order chi connectivity index (χ0) is 11.6. The lowest BCUT2D eigenvalue weighted by Crippen LogP contribution is -2.38. The molecule has 2 atom stereocenters. The summed E-state index contributed by atoms with van der Waals surface area (Å²) in [7, 11) is 0. The molecule has 0 bridgehead atoms. The van der Waals surface area contributed by atoms with Crippen LogP contribution >= 0.6 is 12.4 Å². The maximum Gasteiger partial charge on any atom is 0.416 e. The van der Waals surface area contributed by atoms with Crippen molar-refractivity contribution in [3.8, 4) is 5.75 Å². The Kier molecular flexibility index (Phi) is 5.05. The molecule has 0 radical (unpaired) electrons. The zero-order valence-corrected chi connectivity index (χ0v) is 8.79. The van der Waals surface area contributed by atoms with Gasteiger partial charge in [0.2, 0.25) is 0 Å². The minimum Gasteiger partial charge on any atom is -0.508 e. The van der Waals surface area contributed by atoms with Crippen LogP contribution in [0.15, 0.2) is 24.3 Å². The Bertz CT molecular complexity index is 346. The summed E-state index contributed by atoms with van der Waals surface area (Å²) in [5.41, 5.74) is 5.06. The van der Waals surface area contributed by atoms with Crippen molar-refractivity contribution in [2.45, 2.75) is 18.3 Å². The van der Waals surface area contributed by atoms with Gasteiger partial charge in [-0.15, -0.1) is 12.4 Å². The summed E-state index contributed by atoms with van der Waals surface area (Å²) in [4.78, 5) is 0. The summed E-state index contributed by atoms with van der Waals surface area (Å²) < 4.78 is 36.3. The van der Waals surface area contributed by atoms with E-state index in [0.717, 1.165) is 0 Å². The molecule has 4 N–H and O–H groups in total. The van der Waals surface area contributed by atoms with E-state index in [4.69, 9.17) is 10.8 Å². The number of hydrogen-bond acceptors (Lipinski definition) is 3. The first-order chi connectivity index (χ1) is 6.84. The first-order valence-corrected chi connectivity index (χ1v) is 4.12. The lowest BCUT2D eigenvalue weighted by atomic mass is 10.0. The van der Waals surface area contributed by atoms with E-state index < -0.39 is 18.3 Å². The summed E-state index contributed by atoms with van der Waals surface area (Å²) in [5.74, 6) is -0.367. The molecule has 1 rings (SSSR count). The molecule has 16 heavy (non-hydrogen) atoms. The van der Waals surface area contributed by atoms with Crippen LogP contribution in [-0.4, -0.2) is 22.5 Å². The Balaban J connectivity index is 0.00000225. The van der Waals surface area contributed by atoms with E-state index in [1.165, 1.54) is 24.3 Å². The third-order valence-corrected chi connectivity index (χ3v) is 1.97. The summed E-state index contributed by atoms with van der Waals surface area (Å²) in [5, 5.41) is 18.1. The number of alkyl halides is 3. The van der Waals surface area contributed by atoms with Crippen molar-refractivity contribution >= 4 is 12.4 Å². The van der Waals surface area contributed by atoms with E-state index in [-0.39, 0.29) is 23.7 Å².